The van der Waals surface area contributed by atoms with Gasteiger partial charge in [-0.05, 0) is 149 Å². The topological polar surface area (TPSA) is 6.48 Å². The van der Waals surface area contributed by atoms with Crippen LogP contribution >= 0.6 is 0 Å². The summed E-state index contributed by atoms with van der Waals surface area (Å²) in [5, 5.41) is 19.3. The summed E-state index contributed by atoms with van der Waals surface area (Å²) in [6.07, 6.45) is 0. The first-order valence-corrected chi connectivity index (χ1v) is 25.5. The summed E-state index contributed by atoms with van der Waals surface area (Å²) in [5.74, 6) is 0. The van der Waals surface area contributed by atoms with E-state index in [9.17, 15) is 0 Å². The van der Waals surface area contributed by atoms with E-state index in [1.807, 2.05) is 0 Å². The predicted octanol–water partition coefficient (Wildman–Crippen LogP) is 20.2. The highest BCUT2D eigenvalue weighted by Gasteiger charge is 2.37. The number of nitrogens with zero attached hydrogens (tertiary/aromatic N) is 2. The first-order valence-electron chi connectivity index (χ1n) is 25.5. The smallest absolute Gasteiger partial charge is 0.0620 e. The van der Waals surface area contributed by atoms with Crippen LogP contribution in [-0.4, -0.2) is 0 Å². The number of benzene rings is 14. The molecule has 0 spiro atoms. The standard InChI is InChI=1S/C71H48N2/c1-71(2)65-30-14-13-27-59(65)62-43-63-64(44-66(62)71)70(73(68-32-16-24-46-18-8-10-26-58(46)68)56-36-34-52-38-48-20-4-6-22-50(48)40-54(52)42-56)61-29-12-11-28-60(61)69(63)72(67-31-15-23-45-17-7-9-25-57(45)67)55-35-33-51-37-47-19-3-5-21-49(47)39-53(51)41-55/h3-44H,1-2H3. The molecule has 0 radical (unpaired) electrons. The zero-order valence-corrected chi connectivity index (χ0v) is 40.6. The van der Waals surface area contributed by atoms with Gasteiger partial charge in [-0.15, -0.1) is 0 Å². The third kappa shape index (κ3) is 6.37. The lowest BCUT2D eigenvalue weighted by Gasteiger charge is -2.34. The van der Waals surface area contributed by atoms with Gasteiger partial charge in [0.1, 0.15) is 0 Å². The molecule has 14 aromatic carbocycles. The summed E-state index contributed by atoms with van der Waals surface area (Å²) in [6, 6.07) is 95.5. The Hall–Kier alpha value is -9.24. The van der Waals surface area contributed by atoms with E-state index in [-0.39, 0.29) is 5.41 Å². The summed E-state index contributed by atoms with van der Waals surface area (Å²) in [4.78, 5) is 5.16. The van der Waals surface area contributed by atoms with Crippen molar-refractivity contribution in [2.24, 2.45) is 0 Å². The van der Waals surface area contributed by atoms with Crippen molar-refractivity contribution in [3.05, 3.63) is 266 Å². The zero-order chi connectivity index (χ0) is 48.4. The average Bonchev–Trinajstić information content (AvgIpc) is 3.70. The molecule has 1 aliphatic rings. The second-order valence-electron chi connectivity index (χ2n) is 20.5. The van der Waals surface area contributed by atoms with Crippen molar-refractivity contribution in [3.8, 4) is 11.1 Å². The summed E-state index contributed by atoms with van der Waals surface area (Å²) >= 11 is 0. The minimum atomic E-state index is -0.242. The minimum absolute atomic E-state index is 0.242. The largest absolute Gasteiger partial charge is 0.309 e. The van der Waals surface area contributed by atoms with Gasteiger partial charge >= 0.3 is 0 Å². The molecule has 0 fully saturated rings. The van der Waals surface area contributed by atoms with Crippen LogP contribution in [0.15, 0.2) is 255 Å². The number of rotatable bonds is 6. The van der Waals surface area contributed by atoms with Crippen molar-refractivity contribution in [3.63, 3.8) is 0 Å². The Bertz CT molecular complexity index is 4610. The fourth-order valence-electron chi connectivity index (χ4n) is 12.5. The number of anilines is 6. The van der Waals surface area contributed by atoms with Crippen molar-refractivity contribution in [2.45, 2.75) is 19.3 Å². The Morgan fingerprint density at radius 2 is 0.630 bits per heavy atom. The van der Waals surface area contributed by atoms with E-state index < -0.39 is 0 Å². The Balaban J connectivity index is 1.11. The molecule has 0 bridgehead atoms. The van der Waals surface area contributed by atoms with E-state index in [2.05, 4.69) is 278 Å². The molecule has 1 aliphatic carbocycles. The van der Waals surface area contributed by atoms with Crippen LogP contribution in [0.4, 0.5) is 34.1 Å². The summed E-state index contributed by atoms with van der Waals surface area (Å²) < 4.78 is 0. The fourth-order valence-corrected chi connectivity index (χ4v) is 12.5. The van der Waals surface area contributed by atoms with E-state index in [4.69, 9.17) is 0 Å². The van der Waals surface area contributed by atoms with Crippen LogP contribution in [0.1, 0.15) is 25.0 Å². The monoisotopic (exact) mass is 928 g/mol. The Morgan fingerprint density at radius 1 is 0.247 bits per heavy atom. The summed E-state index contributed by atoms with van der Waals surface area (Å²) in [5.41, 5.74) is 11.8. The molecule has 0 aliphatic heterocycles. The minimum Gasteiger partial charge on any atom is -0.309 e. The molecule has 2 nitrogen and oxygen atoms in total. The van der Waals surface area contributed by atoms with E-state index in [0.29, 0.717) is 0 Å². The van der Waals surface area contributed by atoms with Gasteiger partial charge in [-0.3, -0.25) is 0 Å². The second-order valence-corrected chi connectivity index (χ2v) is 20.5. The number of fused-ring (bicyclic) bond motifs is 11. The number of hydrogen-bond donors (Lipinski definition) is 0. The molecule has 0 N–H and O–H groups in total. The molecule has 0 atom stereocenters. The number of hydrogen-bond acceptors (Lipinski definition) is 2. The summed E-state index contributed by atoms with van der Waals surface area (Å²) in [7, 11) is 0. The molecule has 73 heavy (non-hydrogen) atoms. The molecule has 0 amide bonds. The molecule has 15 rings (SSSR count). The van der Waals surface area contributed by atoms with E-state index >= 15 is 0 Å². The lowest BCUT2D eigenvalue weighted by atomic mass is 9.81. The molecule has 0 saturated heterocycles. The molecule has 0 saturated carbocycles. The van der Waals surface area contributed by atoms with Crippen molar-refractivity contribution in [1.29, 1.82) is 0 Å². The van der Waals surface area contributed by atoms with Gasteiger partial charge in [0.2, 0.25) is 0 Å². The van der Waals surface area contributed by atoms with Crippen LogP contribution in [0, 0.1) is 0 Å². The quantitative estimate of drug-likeness (QED) is 0.121. The van der Waals surface area contributed by atoms with Crippen LogP contribution in [-0.2, 0) is 5.41 Å². The van der Waals surface area contributed by atoms with Gasteiger partial charge in [-0.1, -0.05) is 196 Å². The molecule has 14 aromatic rings. The third-order valence-corrected chi connectivity index (χ3v) is 16.0. The van der Waals surface area contributed by atoms with Gasteiger partial charge in [-0.25, -0.2) is 0 Å². The van der Waals surface area contributed by atoms with E-state index in [0.717, 1.165) is 34.1 Å². The molecular formula is C71H48N2. The van der Waals surface area contributed by atoms with Gasteiger partial charge in [-0.2, -0.15) is 0 Å². The molecule has 342 valence electrons. The van der Waals surface area contributed by atoms with Gasteiger partial charge in [0.15, 0.2) is 0 Å². The fraction of sp³-hybridized carbons (Fsp3) is 0.0423. The first kappa shape index (κ1) is 41.5. The highest BCUT2D eigenvalue weighted by Crippen LogP contribution is 2.57. The maximum Gasteiger partial charge on any atom is 0.0620 e. The third-order valence-electron chi connectivity index (χ3n) is 16.0. The Kier molecular flexibility index (Phi) is 9.04. The first-order chi connectivity index (χ1) is 35.9. The lowest BCUT2D eigenvalue weighted by Crippen LogP contribution is -2.17. The van der Waals surface area contributed by atoms with Crippen LogP contribution in [0.3, 0.4) is 0 Å². The van der Waals surface area contributed by atoms with Gasteiger partial charge < -0.3 is 9.80 Å². The second kappa shape index (κ2) is 15.9. The zero-order valence-electron chi connectivity index (χ0n) is 40.6. The molecule has 0 aromatic heterocycles. The van der Waals surface area contributed by atoms with Crippen molar-refractivity contribution in [1.82, 2.24) is 0 Å². The Labute approximate surface area is 424 Å². The molecular weight excluding hydrogens is 881 g/mol. The SMILES string of the molecule is CC1(C)c2ccccc2-c2cc3c(N(c4ccc5cc6ccccc6cc5c4)c4cccc5ccccc45)c4ccccc4c(N(c4ccc5cc6ccccc6cc5c4)c4cccc5ccccc45)c3cc21. The van der Waals surface area contributed by atoms with Gasteiger partial charge in [0.25, 0.3) is 0 Å². The van der Waals surface area contributed by atoms with Crippen LogP contribution in [0.5, 0.6) is 0 Å². The molecule has 0 heterocycles. The maximum atomic E-state index is 2.58. The van der Waals surface area contributed by atoms with Crippen molar-refractivity contribution < 1.29 is 0 Å². The summed E-state index contributed by atoms with van der Waals surface area (Å²) in [6.45, 7) is 4.81. The van der Waals surface area contributed by atoms with Gasteiger partial charge in [0, 0.05) is 49.1 Å². The van der Waals surface area contributed by atoms with Crippen LogP contribution in [0.2, 0.25) is 0 Å². The van der Waals surface area contributed by atoms with Crippen molar-refractivity contribution >= 4 is 120 Å². The highest BCUT2D eigenvalue weighted by atomic mass is 15.2. The van der Waals surface area contributed by atoms with Crippen LogP contribution < -0.4 is 9.80 Å². The normalized spacial score (nSPS) is 12.9. The highest BCUT2D eigenvalue weighted by molar-refractivity contribution is 6.26. The van der Waals surface area contributed by atoms with E-state index in [1.54, 1.807) is 0 Å². The van der Waals surface area contributed by atoms with Gasteiger partial charge in [0.05, 0.1) is 22.7 Å². The molecule has 2 heteroatoms. The predicted molar refractivity (Wildman–Crippen MR) is 313 cm³/mol. The van der Waals surface area contributed by atoms with Crippen LogP contribution in [0.25, 0.3) is 97.3 Å². The lowest BCUT2D eigenvalue weighted by molar-refractivity contribution is 0.661. The average molecular weight is 929 g/mol. The maximum absolute atomic E-state index is 2.58. The van der Waals surface area contributed by atoms with Crippen molar-refractivity contribution in [2.75, 3.05) is 9.80 Å². The Morgan fingerprint density at radius 3 is 1.14 bits per heavy atom. The molecule has 0 unspecified atom stereocenters. The van der Waals surface area contributed by atoms with E-state index in [1.165, 1.54) is 108 Å².